The molecule has 1 unspecified atom stereocenters. The van der Waals surface area contributed by atoms with E-state index in [1.165, 1.54) is 39.8 Å². The van der Waals surface area contributed by atoms with Crippen molar-refractivity contribution in [2.75, 3.05) is 33.1 Å². The minimum absolute atomic E-state index is 0.257. The molecule has 4 aromatic rings. The second kappa shape index (κ2) is 12.1. The van der Waals surface area contributed by atoms with Crippen molar-refractivity contribution in [2.45, 2.75) is 12.5 Å². The maximum absolute atomic E-state index is 11.2. The Labute approximate surface area is 248 Å². The molecular formula is C34H31N3O2S2. The predicted octanol–water partition coefficient (Wildman–Crippen LogP) is 8.04. The lowest BCUT2D eigenvalue weighted by atomic mass is 9.90. The van der Waals surface area contributed by atoms with Gasteiger partial charge in [-0.25, -0.2) is 4.79 Å². The number of benzene rings is 2. The van der Waals surface area contributed by atoms with Gasteiger partial charge in [-0.1, -0.05) is 54.6 Å². The topological polar surface area (TPSA) is 67.6 Å². The van der Waals surface area contributed by atoms with Gasteiger partial charge in [0.25, 0.3) is 0 Å². The highest BCUT2D eigenvalue weighted by Gasteiger charge is 2.15. The van der Waals surface area contributed by atoms with Crippen LogP contribution in [-0.4, -0.2) is 50.2 Å². The molecule has 2 aromatic carbocycles. The molecule has 0 aliphatic heterocycles. The first kappa shape index (κ1) is 28.3. The van der Waals surface area contributed by atoms with E-state index in [0.717, 1.165) is 36.7 Å². The summed E-state index contributed by atoms with van der Waals surface area (Å²) in [7, 11) is 8.34. The predicted molar refractivity (Wildman–Crippen MR) is 174 cm³/mol. The van der Waals surface area contributed by atoms with Gasteiger partial charge in [0.15, 0.2) is 0 Å². The van der Waals surface area contributed by atoms with Crippen LogP contribution in [0.1, 0.15) is 22.4 Å². The molecule has 41 heavy (non-hydrogen) atoms. The summed E-state index contributed by atoms with van der Waals surface area (Å²) < 4.78 is 2.16. The summed E-state index contributed by atoms with van der Waals surface area (Å²) >= 11 is 3.16. The zero-order valence-electron chi connectivity index (χ0n) is 23.5. The third-order valence-corrected chi connectivity index (χ3v) is 9.41. The zero-order valence-corrected chi connectivity index (χ0v) is 25.1. The van der Waals surface area contributed by atoms with E-state index in [1.807, 2.05) is 6.07 Å². The van der Waals surface area contributed by atoms with Gasteiger partial charge in [0.1, 0.15) is 11.6 Å². The SMILES string of the molecule is CN(C)c1ccc(/C(=C\c2ccc(-c3cc4sc(/C=C(\C#N)C(=O)O)cc4s3)cc2)C2=CCC(N(C)C)C=C2)cc1. The molecule has 0 saturated heterocycles. The summed E-state index contributed by atoms with van der Waals surface area (Å²) in [5.41, 5.74) is 6.80. The van der Waals surface area contributed by atoms with Gasteiger partial charge in [-0.2, -0.15) is 5.26 Å². The molecule has 206 valence electrons. The van der Waals surface area contributed by atoms with Crippen LogP contribution in [0.15, 0.2) is 90.0 Å². The molecule has 1 N–H and O–H groups in total. The number of likely N-dealkylation sites (N-methyl/N-ethyl adjacent to an activating group) is 1. The van der Waals surface area contributed by atoms with Crippen molar-refractivity contribution in [1.29, 1.82) is 5.26 Å². The standard InChI is InChI=1S/C34H31N3O2S2/c1-36(2)27-13-9-23(10-14-27)30(24-11-15-28(16-12-24)37(3)4)17-22-5-7-25(8-6-22)31-20-33-32(41-31)19-29(40-33)18-26(21-35)34(38)39/h5-15,17-20,28H,16H2,1-4H3,(H,38,39)/b26-18+,30-17+. The Balaban J connectivity index is 1.43. The molecule has 2 aromatic heterocycles. The van der Waals surface area contributed by atoms with Crippen LogP contribution in [0.3, 0.4) is 0 Å². The van der Waals surface area contributed by atoms with E-state index in [2.05, 4.69) is 117 Å². The van der Waals surface area contributed by atoms with E-state index < -0.39 is 5.97 Å². The minimum Gasteiger partial charge on any atom is -0.477 e. The number of thiophene rings is 2. The Bertz CT molecular complexity index is 1710. The number of allylic oxidation sites excluding steroid dienone is 3. The molecule has 0 spiro atoms. The number of hydrogen-bond acceptors (Lipinski definition) is 6. The van der Waals surface area contributed by atoms with Crippen molar-refractivity contribution in [1.82, 2.24) is 4.90 Å². The first-order chi connectivity index (χ1) is 19.7. The number of nitrogens with zero attached hydrogens (tertiary/aromatic N) is 3. The second-order valence-corrected chi connectivity index (χ2v) is 12.6. The van der Waals surface area contributed by atoms with Crippen molar-refractivity contribution < 1.29 is 9.90 Å². The third kappa shape index (κ3) is 6.41. The summed E-state index contributed by atoms with van der Waals surface area (Å²) in [6, 6.07) is 23.6. The Morgan fingerprint density at radius 1 is 0.976 bits per heavy atom. The molecule has 7 heteroatoms. The summed E-state index contributed by atoms with van der Waals surface area (Å²) in [5.74, 6) is -1.21. The molecule has 0 amide bonds. The average Bonchev–Trinajstić information content (AvgIpc) is 3.54. The van der Waals surface area contributed by atoms with E-state index in [0.29, 0.717) is 6.04 Å². The van der Waals surface area contributed by atoms with Crippen molar-refractivity contribution in [2.24, 2.45) is 0 Å². The number of carbonyl (C=O) groups is 1. The molecule has 5 nitrogen and oxygen atoms in total. The van der Waals surface area contributed by atoms with Crippen LogP contribution >= 0.6 is 22.7 Å². The number of rotatable bonds is 8. The largest absolute Gasteiger partial charge is 0.477 e. The van der Waals surface area contributed by atoms with Crippen molar-refractivity contribution >= 4 is 61.5 Å². The highest BCUT2D eigenvalue weighted by atomic mass is 32.1. The third-order valence-electron chi connectivity index (χ3n) is 7.12. The Hall–Kier alpha value is -4.22. The number of carboxylic acids is 1. The summed E-state index contributed by atoms with van der Waals surface area (Å²) in [6.07, 6.45) is 11.5. The smallest absolute Gasteiger partial charge is 0.346 e. The van der Waals surface area contributed by atoms with Crippen LogP contribution in [0.5, 0.6) is 0 Å². The van der Waals surface area contributed by atoms with Crippen LogP contribution in [0.25, 0.3) is 37.6 Å². The molecule has 0 saturated carbocycles. The van der Waals surface area contributed by atoms with Gasteiger partial charge >= 0.3 is 5.97 Å². The quantitative estimate of drug-likeness (QED) is 0.130. The molecule has 0 bridgehead atoms. The van der Waals surface area contributed by atoms with Gasteiger partial charge in [0.2, 0.25) is 0 Å². The van der Waals surface area contributed by atoms with E-state index in [-0.39, 0.29) is 5.57 Å². The molecule has 1 aliphatic carbocycles. The van der Waals surface area contributed by atoms with Gasteiger partial charge in [-0.3, -0.25) is 0 Å². The Morgan fingerprint density at radius 3 is 2.24 bits per heavy atom. The number of nitriles is 1. The first-order valence-electron chi connectivity index (χ1n) is 13.3. The van der Waals surface area contributed by atoms with Gasteiger partial charge in [0, 0.05) is 45.0 Å². The van der Waals surface area contributed by atoms with Crippen LogP contribution in [0.2, 0.25) is 0 Å². The monoisotopic (exact) mass is 577 g/mol. The zero-order chi connectivity index (χ0) is 29.1. The summed E-state index contributed by atoms with van der Waals surface area (Å²) in [5, 5.41) is 18.2. The molecule has 2 heterocycles. The molecule has 0 fully saturated rings. The minimum atomic E-state index is -1.21. The van der Waals surface area contributed by atoms with Gasteiger partial charge in [0.05, 0.1) is 0 Å². The maximum atomic E-state index is 11.2. The van der Waals surface area contributed by atoms with Crippen molar-refractivity contribution in [3.8, 4) is 16.5 Å². The van der Waals surface area contributed by atoms with Crippen LogP contribution < -0.4 is 4.90 Å². The maximum Gasteiger partial charge on any atom is 0.346 e. The van der Waals surface area contributed by atoms with Crippen LogP contribution in [0.4, 0.5) is 5.69 Å². The second-order valence-electron chi connectivity index (χ2n) is 10.4. The highest BCUT2D eigenvalue weighted by Crippen LogP contribution is 2.39. The van der Waals surface area contributed by atoms with E-state index in [1.54, 1.807) is 17.4 Å². The lowest BCUT2D eigenvalue weighted by molar-refractivity contribution is -0.132. The molecular weight excluding hydrogens is 547 g/mol. The van der Waals surface area contributed by atoms with Gasteiger partial charge < -0.3 is 14.9 Å². The Kier molecular flexibility index (Phi) is 8.36. The van der Waals surface area contributed by atoms with Gasteiger partial charge in [-0.05, 0) is 84.8 Å². The fourth-order valence-corrected chi connectivity index (χ4v) is 7.08. The van der Waals surface area contributed by atoms with Crippen LogP contribution in [0, 0.1) is 11.3 Å². The highest BCUT2D eigenvalue weighted by molar-refractivity contribution is 7.29. The van der Waals surface area contributed by atoms with Crippen LogP contribution in [-0.2, 0) is 4.79 Å². The Morgan fingerprint density at radius 2 is 1.68 bits per heavy atom. The fourth-order valence-electron chi connectivity index (χ4n) is 4.73. The van der Waals surface area contributed by atoms with Gasteiger partial charge in [-0.15, -0.1) is 22.7 Å². The number of carboxylic acid groups (broad SMARTS) is 1. The van der Waals surface area contributed by atoms with Crippen molar-refractivity contribution in [3.05, 3.63) is 106 Å². The lowest BCUT2D eigenvalue weighted by Gasteiger charge is -2.24. The lowest BCUT2D eigenvalue weighted by Crippen LogP contribution is -2.26. The molecule has 1 atom stereocenters. The fraction of sp³-hybridized carbons (Fsp3) is 0.176. The average molecular weight is 578 g/mol. The number of hydrogen-bond donors (Lipinski definition) is 1. The summed E-state index contributed by atoms with van der Waals surface area (Å²) in [6.45, 7) is 0. The van der Waals surface area contributed by atoms with Crippen molar-refractivity contribution in [3.63, 3.8) is 0 Å². The molecule has 1 aliphatic rings. The number of anilines is 1. The normalized spacial score (nSPS) is 15.7. The molecule has 0 radical (unpaired) electrons. The number of fused-ring (bicyclic) bond motifs is 1. The van der Waals surface area contributed by atoms with E-state index in [9.17, 15) is 4.79 Å². The summed E-state index contributed by atoms with van der Waals surface area (Å²) in [4.78, 5) is 17.4. The number of aliphatic carboxylic acids is 1. The molecule has 5 rings (SSSR count). The van der Waals surface area contributed by atoms with E-state index in [4.69, 9.17) is 10.4 Å². The van der Waals surface area contributed by atoms with E-state index >= 15 is 0 Å². The first-order valence-corrected chi connectivity index (χ1v) is 14.9.